The Morgan fingerprint density at radius 3 is 2.69 bits per heavy atom. The van der Waals surface area contributed by atoms with Crippen LogP contribution in [0.3, 0.4) is 0 Å². The van der Waals surface area contributed by atoms with Crippen LogP contribution in [-0.4, -0.2) is 65.5 Å². The Bertz CT molecular complexity index is 1720. The Kier molecular flexibility index (Phi) is 10.5. The molecule has 4 atom stereocenters. The van der Waals surface area contributed by atoms with Gasteiger partial charge in [-0.05, 0) is 142 Å². The van der Waals surface area contributed by atoms with Crippen LogP contribution in [0, 0.1) is 11.8 Å². The summed E-state index contributed by atoms with van der Waals surface area (Å²) in [5.41, 5.74) is 4.58. The molecule has 2 aromatic carbocycles. The van der Waals surface area contributed by atoms with Crippen LogP contribution in [-0.2, 0) is 23.1 Å². The molecule has 274 valence electrons. The number of benzene rings is 2. The number of rotatable bonds is 12. The molecular formula is C42H54ClN3O5. The van der Waals surface area contributed by atoms with Crippen molar-refractivity contribution in [2.75, 3.05) is 38.2 Å². The molecule has 1 fully saturated rings. The second kappa shape index (κ2) is 14.9. The van der Waals surface area contributed by atoms with Crippen molar-refractivity contribution < 1.29 is 24.1 Å². The molecule has 2 heterocycles. The largest absolute Gasteiger partial charge is 0.493 e. The summed E-state index contributed by atoms with van der Waals surface area (Å²) in [6.07, 6.45) is 9.69. The van der Waals surface area contributed by atoms with Crippen LogP contribution >= 0.6 is 11.6 Å². The summed E-state index contributed by atoms with van der Waals surface area (Å²) in [4.78, 5) is 20.1. The smallest absolute Gasteiger partial charge is 0.329 e. The lowest BCUT2D eigenvalue weighted by molar-refractivity contribution is -0.144. The summed E-state index contributed by atoms with van der Waals surface area (Å²) in [5.74, 6) is 2.92. The molecule has 1 aliphatic heterocycles. The SMILES string of the molecule is CCN(CC)C[C@H]1COc2cc3c(cc2O1)C1(CCC(Nc2cccc(Cl)c2)(C(=O)O)CC1)[C@@H](C[C@@H](C)COc1ccnc2c1[C@H](C)CCC2)C3. The molecule has 0 radical (unpaired) electrons. The Labute approximate surface area is 308 Å². The highest BCUT2D eigenvalue weighted by Gasteiger charge is 2.54. The van der Waals surface area contributed by atoms with Crippen molar-refractivity contribution in [3.8, 4) is 17.2 Å². The quantitative estimate of drug-likeness (QED) is 0.193. The van der Waals surface area contributed by atoms with Gasteiger partial charge in [-0.25, -0.2) is 4.79 Å². The number of pyridine rings is 1. The number of aliphatic carboxylic acids is 1. The first-order valence-corrected chi connectivity index (χ1v) is 19.6. The average molecular weight is 716 g/mol. The molecule has 8 nitrogen and oxygen atoms in total. The lowest BCUT2D eigenvalue weighted by Crippen LogP contribution is -2.53. The Hall–Kier alpha value is -3.49. The number of carboxylic acids is 1. The molecule has 1 saturated carbocycles. The van der Waals surface area contributed by atoms with Gasteiger partial charge in [-0.15, -0.1) is 0 Å². The second-order valence-electron chi connectivity index (χ2n) is 15.7. The van der Waals surface area contributed by atoms with Crippen molar-refractivity contribution in [2.24, 2.45) is 11.8 Å². The predicted octanol–water partition coefficient (Wildman–Crippen LogP) is 8.68. The van der Waals surface area contributed by atoms with Gasteiger partial charge in [-0.2, -0.15) is 0 Å². The van der Waals surface area contributed by atoms with E-state index in [1.807, 2.05) is 36.5 Å². The summed E-state index contributed by atoms with van der Waals surface area (Å²) in [5, 5.41) is 14.7. The zero-order valence-electron chi connectivity index (χ0n) is 30.7. The summed E-state index contributed by atoms with van der Waals surface area (Å²) < 4.78 is 19.6. The molecule has 1 spiro atoms. The molecule has 7 rings (SSSR count). The van der Waals surface area contributed by atoms with Crippen LogP contribution in [0.15, 0.2) is 48.7 Å². The number of anilines is 1. The maximum Gasteiger partial charge on any atom is 0.329 e. The van der Waals surface area contributed by atoms with Gasteiger partial charge in [0.05, 0.1) is 6.61 Å². The van der Waals surface area contributed by atoms with Crippen LogP contribution in [0.25, 0.3) is 0 Å². The number of carboxylic acid groups (broad SMARTS) is 1. The lowest BCUT2D eigenvalue weighted by Gasteiger charge is -2.47. The van der Waals surface area contributed by atoms with Crippen molar-refractivity contribution in [2.45, 2.75) is 108 Å². The van der Waals surface area contributed by atoms with E-state index in [1.54, 1.807) is 0 Å². The molecular weight excluding hydrogens is 662 g/mol. The molecule has 0 bridgehead atoms. The van der Waals surface area contributed by atoms with Gasteiger partial charge in [0, 0.05) is 34.7 Å². The van der Waals surface area contributed by atoms with Crippen LogP contribution in [0.4, 0.5) is 5.69 Å². The fourth-order valence-corrected chi connectivity index (χ4v) is 9.77. The van der Waals surface area contributed by atoms with Crippen LogP contribution in [0.2, 0.25) is 5.02 Å². The van der Waals surface area contributed by atoms with Gasteiger partial charge >= 0.3 is 5.97 Å². The summed E-state index contributed by atoms with van der Waals surface area (Å²) in [6.45, 7) is 12.9. The first kappa shape index (κ1) is 35.9. The number of aromatic nitrogens is 1. The van der Waals surface area contributed by atoms with Gasteiger partial charge in [0.15, 0.2) is 11.5 Å². The lowest BCUT2D eigenvalue weighted by atomic mass is 9.59. The molecule has 2 N–H and O–H groups in total. The molecule has 4 aliphatic rings. The van der Waals surface area contributed by atoms with E-state index < -0.39 is 11.5 Å². The third-order valence-corrected chi connectivity index (χ3v) is 12.7. The first-order chi connectivity index (χ1) is 24.6. The van der Waals surface area contributed by atoms with E-state index in [0.717, 1.165) is 74.7 Å². The minimum atomic E-state index is -1.07. The average Bonchev–Trinajstić information content (AvgIpc) is 3.40. The number of aryl methyl sites for hydroxylation is 1. The van der Waals surface area contributed by atoms with Crippen molar-refractivity contribution >= 4 is 23.3 Å². The van der Waals surface area contributed by atoms with E-state index in [-0.39, 0.29) is 11.5 Å². The Morgan fingerprint density at radius 1 is 1.14 bits per heavy atom. The zero-order valence-corrected chi connectivity index (χ0v) is 31.4. The molecule has 9 heteroatoms. The summed E-state index contributed by atoms with van der Waals surface area (Å²) >= 11 is 6.30. The van der Waals surface area contributed by atoms with E-state index in [4.69, 9.17) is 25.8 Å². The molecule has 0 saturated heterocycles. The molecule has 3 aliphatic carbocycles. The monoisotopic (exact) mass is 715 g/mol. The van der Waals surface area contributed by atoms with Gasteiger partial charge < -0.3 is 29.5 Å². The number of nitrogens with one attached hydrogen (secondary N) is 1. The number of hydrogen-bond acceptors (Lipinski definition) is 7. The van der Waals surface area contributed by atoms with E-state index in [1.165, 1.54) is 35.2 Å². The Morgan fingerprint density at radius 2 is 1.94 bits per heavy atom. The third-order valence-electron chi connectivity index (χ3n) is 12.4. The van der Waals surface area contributed by atoms with E-state index in [0.29, 0.717) is 48.8 Å². The van der Waals surface area contributed by atoms with Crippen LogP contribution < -0.4 is 19.5 Å². The van der Waals surface area contributed by atoms with Gasteiger partial charge in [0.25, 0.3) is 0 Å². The van der Waals surface area contributed by atoms with Gasteiger partial charge in [-0.3, -0.25) is 4.98 Å². The molecule has 0 amide bonds. The third kappa shape index (κ3) is 7.15. The summed E-state index contributed by atoms with van der Waals surface area (Å²) in [6, 6.07) is 13.9. The minimum absolute atomic E-state index is 0.0321. The molecule has 1 aromatic heterocycles. The number of likely N-dealkylation sites (N-methyl/N-ethyl adjacent to an activating group) is 1. The van der Waals surface area contributed by atoms with Crippen LogP contribution in [0.1, 0.15) is 101 Å². The van der Waals surface area contributed by atoms with Crippen molar-refractivity contribution in [1.29, 1.82) is 0 Å². The topological polar surface area (TPSA) is 93.2 Å². The molecule has 0 unspecified atom stereocenters. The maximum absolute atomic E-state index is 13.0. The molecule has 3 aromatic rings. The highest BCUT2D eigenvalue weighted by molar-refractivity contribution is 6.30. The van der Waals surface area contributed by atoms with Crippen molar-refractivity contribution in [1.82, 2.24) is 9.88 Å². The summed E-state index contributed by atoms with van der Waals surface area (Å²) in [7, 11) is 0. The fraction of sp³-hybridized carbons (Fsp3) is 0.571. The van der Waals surface area contributed by atoms with E-state index in [9.17, 15) is 9.90 Å². The van der Waals surface area contributed by atoms with Crippen molar-refractivity contribution in [3.05, 3.63) is 76.1 Å². The normalized spacial score (nSPS) is 27.1. The standard InChI is InChI=1S/C42H54ClN3O5/c1-5-46(6-2)24-33-26-50-37-21-29-20-30(19-27(3)25-49-36-13-18-44-35-12-7-9-28(4)39(35)36)41(34(29)23-38(37)51-33)14-16-42(17-15-41,40(47)48)45-32-11-8-10-31(43)22-32/h8,10-11,13,18,21-23,27-28,30,33,45H,5-7,9,12,14-17,19-20,24-26H2,1-4H3,(H,47,48)/t27-,28-,30+,33+,41?,42?/m1/s1. The number of halogens is 1. The molecule has 51 heavy (non-hydrogen) atoms. The van der Waals surface area contributed by atoms with Crippen LogP contribution in [0.5, 0.6) is 17.2 Å². The second-order valence-corrected chi connectivity index (χ2v) is 16.1. The number of nitrogens with zero attached hydrogens (tertiary/aromatic N) is 2. The minimum Gasteiger partial charge on any atom is -0.493 e. The Balaban J connectivity index is 1.15. The number of fused-ring (bicyclic) bond motifs is 4. The van der Waals surface area contributed by atoms with E-state index >= 15 is 0 Å². The first-order valence-electron chi connectivity index (χ1n) is 19.2. The predicted molar refractivity (Wildman–Crippen MR) is 202 cm³/mol. The van der Waals surface area contributed by atoms with Crippen molar-refractivity contribution in [3.63, 3.8) is 0 Å². The zero-order chi connectivity index (χ0) is 35.8. The van der Waals surface area contributed by atoms with Gasteiger partial charge in [0.1, 0.15) is 24.0 Å². The van der Waals surface area contributed by atoms with Gasteiger partial charge in [0.2, 0.25) is 0 Å². The fourth-order valence-electron chi connectivity index (χ4n) is 9.58. The van der Waals surface area contributed by atoms with E-state index in [2.05, 4.69) is 55.0 Å². The van der Waals surface area contributed by atoms with Gasteiger partial charge in [-0.1, -0.05) is 45.4 Å². The number of ether oxygens (including phenoxy) is 3. The highest BCUT2D eigenvalue weighted by atomic mass is 35.5. The number of hydrogen-bond donors (Lipinski definition) is 2. The maximum atomic E-state index is 13.0. The number of carbonyl (C=O) groups is 1. The highest BCUT2D eigenvalue weighted by Crippen LogP contribution is 2.58.